The van der Waals surface area contributed by atoms with Crippen molar-refractivity contribution in [2.45, 2.75) is 45.7 Å². The van der Waals surface area contributed by atoms with E-state index in [1.165, 1.54) is 16.4 Å². The Labute approximate surface area is 121 Å². The van der Waals surface area contributed by atoms with Crippen molar-refractivity contribution >= 4 is 28.5 Å². The first kappa shape index (κ1) is 14.7. The Morgan fingerprint density at radius 3 is 2.75 bits per heavy atom. The van der Waals surface area contributed by atoms with Gasteiger partial charge in [-0.1, -0.05) is 18.3 Å². The van der Waals surface area contributed by atoms with Crippen LogP contribution >= 0.6 is 11.5 Å². The lowest BCUT2D eigenvalue weighted by atomic mass is 9.99. The van der Waals surface area contributed by atoms with Crippen LogP contribution in [0.4, 0.5) is 9.80 Å². The van der Waals surface area contributed by atoms with Gasteiger partial charge in [0.15, 0.2) is 0 Å². The number of hydrogen-bond donors (Lipinski definition) is 2. The highest BCUT2D eigenvalue weighted by Gasteiger charge is 2.46. The molecule has 1 aliphatic rings. The van der Waals surface area contributed by atoms with Crippen LogP contribution in [0.2, 0.25) is 0 Å². The smallest absolute Gasteiger partial charge is 0.325 e. The Bertz CT molecular complexity index is 518. The van der Waals surface area contributed by atoms with Gasteiger partial charge < -0.3 is 10.6 Å². The van der Waals surface area contributed by atoms with Crippen molar-refractivity contribution in [1.82, 2.24) is 19.8 Å². The Morgan fingerprint density at radius 2 is 2.15 bits per heavy atom. The molecule has 8 heteroatoms. The molecule has 7 nitrogen and oxygen atoms in total. The fraction of sp³-hybridized carbons (Fsp3) is 0.667. The standard InChI is InChI=1S/C12H19N5O2S/c1-4-6-13-9-8(15-16-20-9)7-17-10(18)12(3,5-2)14-11(17)19/h13H,4-7H2,1-3H3,(H,14,19). The minimum atomic E-state index is -0.808. The van der Waals surface area contributed by atoms with E-state index in [0.29, 0.717) is 12.1 Å². The first-order valence-electron chi connectivity index (χ1n) is 6.71. The number of rotatable bonds is 6. The molecule has 1 aliphatic heterocycles. The molecule has 1 aromatic rings. The zero-order chi connectivity index (χ0) is 14.8. The molecular weight excluding hydrogens is 278 g/mol. The number of nitrogens with one attached hydrogen (secondary N) is 2. The third-order valence-electron chi connectivity index (χ3n) is 3.45. The summed E-state index contributed by atoms with van der Waals surface area (Å²) in [5.74, 6) is -0.209. The summed E-state index contributed by atoms with van der Waals surface area (Å²) in [6.45, 7) is 6.64. The summed E-state index contributed by atoms with van der Waals surface area (Å²) in [6, 6.07) is -0.367. The Kier molecular flexibility index (Phi) is 4.22. The highest BCUT2D eigenvalue weighted by atomic mass is 32.1. The average Bonchev–Trinajstić information content (AvgIpc) is 2.95. The largest absolute Gasteiger partial charge is 0.374 e. The fourth-order valence-electron chi connectivity index (χ4n) is 1.96. The van der Waals surface area contributed by atoms with E-state index in [4.69, 9.17) is 0 Å². The second kappa shape index (κ2) is 5.74. The lowest BCUT2D eigenvalue weighted by Crippen LogP contribution is -2.43. The highest BCUT2D eigenvalue weighted by Crippen LogP contribution is 2.25. The molecule has 1 aromatic heterocycles. The molecule has 1 atom stereocenters. The molecule has 2 rings (SSSR count). The van der Waals surface area contributed by atoms with Crippen LogP contribution in [0.25, 0.3) is 0 Å². The van der Waals surface area contributed by atoms with Gasteiger partial charge in [0.05, 0.1) is 6.54 Å². The molecule has 1 unspecified atom stereocenters. The van der Waals surface area contributed by atoms with Crippen LogP contribution in [-0.4, -0.2) is 38.5 Å². The molecule has 20 heavy (non-hydrogen) atoms. The van der Waals surface area contributed by atoms with Gasteiger partial charge >= 0.3 is 6.03 Å². The van der Waals surface area contributed by atoms with Crippen molar-refractivity contribution in [3.05, 3.63) is 5.69 Å². The van der Waals surface area contributed by atoms with Crippen LogP contribution in [0.1, 0.15) is 39.3 Å². The van der Waals surface area contributed by atoms with Crippen molar-refractivity contribution in [2.75, 3.05) is 11.9 Å². The highest BCUT2D eigenvalue weighted by molar-refractivity contribution is 7.10. The van der Waals surface area contributed by atoms with E-state index in [-0.39, 0.29) is 18.5 Å². The molecule has 0 spiro atoms. The van der Waals surface area contributed by atoms with Gasteiger partial charge in [-0.3, -0.25) is 9.69 Å². The van der Waals surface area contributed by atoms with Crippen LogP contribution in [0.5, 0.6) is 0 Å². The normalized spacial score (nSPS) is 22.2. The third-order valence-corrected chi connectivity index (χ3v) is 4.18. The van der Waals surface area contributed by atoms with Crippen LogP contribution in [0.3, 0.4) is 0 Å². The first-order chi connectivity index (χ1) is 9.51. The van der Waals surface area contributed by atoms with Crippen LogP contribution in [0, 0.1) is 0 Å². The zero-order valence-electron chi connectivity index (χ0n) is 11.9. The zero-order valence-corrected chi connectivity index (χ0v) is 12.7. The minimum absolute atomic E-state index is 0.156. The lowest BCUT2D eigenvalue weighted by molar-refractivity contribution is -0.131. The van der Waals surface area contributed by atoms with Crippen molar-refractivity contribution in [2.24, 2.45) is 0 Å². The van der Waals surface area contributed by atoms with Gasteiger partial charge in [-0.05, 0) is 19.8 Å². The Balaban J connectivity index is 2.12. The molecule has 1 saturated heterocycles. The monoisotopic (exact) mass is 297 g/mol. The van der Waals surface area contributed by atoms with E-state index >= 15 is 0 Å². The van der Waals surface area contributed by atoms with E-state index in [9.17, 15) is 9.59 Å². The van der Waals surface area contributed by atoms with E-state index in [0.717, 1.165) is 18.0 Å². The SMILES string of the molecule is CCCNc1snnc1CN1C(=O)NC(C)(CC)C1=O. The molecule has 1 fully saturated rings. The predicted octanol–water partition coefficient (Wildman–Crippen LogP) is 1.58. The number of aromatic nitrogens is 2. The Morgan fingerprint density at radius 1 is 1.40 bits per heavy atom. The van der Waals surface area contributed by atoms with Crippen LogP contribution in [-0.2, 0) is 11.3 Å². The van der Waals surface area contributed by atoms with E-state index < -0.39 is 5.54 Å². The molecule has 2 heterocycles. The quantitative estimate of drug-likeness (QED) is 0.778. The third kappa shape index (κ3) is 2.60. The Hall–Kier alpha value is -1.70. The van der Waals surface area contributed by atoms with Gasteiger partial charge in [0.2, 0.25) is 0 Å². The van der Waals surface area contributed by atoms with Crippen molar-refractivity contribution < 1.29 is 9.59 Å². The number of carbonyl (C=O) groups is 2. The van der Waals surface area contributed by atoms with Gasteiger partial charge in [0.1, 0.15) is 16.2 Å². The number of anilines is 1. The number of hydrogen-bond acceptors (Lipinski definition) is 6. The summed E-state index contributed by atoms with van der Waals surface area (Å²) in [5, 5.41) is 10.8. The van der Waals surface area contributed by atoms with Gasteiger partial charge in [-0.2, -0.15) is 0 Å². The summed E-state index contributed by atoms with van der Waals surface area (Å²) in [4.78, 5) is 25.4. The van der Waals surface area contributed by atoms with Gasteiger partial charge in [0, 0.05) is 18.1 Å². The van der Waals surface area contributed by atoms with E-state index in [1.807, 2.05) is 6.92 Å². The van der Waals surface area contributed by atoms with Crippen LogP contribution in [0.15, 0.2) is 0 Å². The fourth-order valence-corrected chi connectivity index (χ4v) is 2.56. The van der Waals surface area contributed by atoms with Crippen LogP contribution < -0.4 is 10.6 Å². The molecule has 110 valence electrons. The molecule has 2 N–H and O–H groups in total. The second-order valence-electron chi connectivity index (χ2n) is 4.98. The summed E-state index contributed by atoms with van der Waals surface area (Å²) in [7, 11) is 0. The number of carbonyl (C=O) groups excluding carboxylic acids is 2. The second-order valence-corrected chi connectivity index (χ2v) is 5.74. The number of urea groups is 1. The topological polar surface area (TPSA) is 87.2 Å². The summed E-state index contributed by atoms with van der Waals surface area (Å²) < 4.78 is 3.88. The number of imide groups is 1. The first-order valence-corrected chi connectivity index (χ1v) is 7.48. The average molecular weight is 297 g/mol. The van der Waals surface area contributed by atoms with E-state index in [1.54, 1.807) is 6.92 Å². The summed E-state index contributed by atoms with van der Waals surface area (Å²) in [5.41, 5.74) is -0.176. The molecule has 0 aliphatic carbocycles. The van der Waals surface area contributed by atoms with Gasteiger partial charge in [-0.25, -0.2) is 4.79 Å². The molecule has 0 radical (unpaired) electrons. The van der Waals surface area contributed by atoms with Gasteiger partial charge in [0.25, 0.3) is 5.91 Å². The number of nitrogens with zero attached hydrogens (tertiary/aromatic N) is 3. The maximum atomic E-state index is 12.3. The predicted molar refractivity (Wildman–Crippen MR) is 76.5 cm³/mol. The molecule has 0 saturated carbocycles. The molecular formula is C12H19N5O2S. The maximum absolute atomic E-state index is 12.3. The maximum Gasteiger partial charge on any atom is 0.325 e. The number of amides is 3. The lowest BCUT2D eigenvalue weighted by Gasteiger charge is -2.19. The molecule has 0 bridgehead atoms. The molecule has 0 aromatic carbocycles. The van der Waals surface area contributed by atoms with E-state index in [2.05, 4.69) is 27.1 Å². The van der Waals surface area contributed by atoms with Crippen molar-refractivity contribution in [1.29, 1.82) is 0 Å². The van der Waals surface area contributed by atoms with Crippen molar-refractivity contribution in [3.8, 4) is 0 Å². The van der Waals surface area contributed by atoms with Crippen molar-refractivity contribution in [3.63, 3.8) is 0 Å². The van der Waals surface area contributed by atoms with Gasteiger partial charge in [-0.15, -0.1) is 5.10 Å². The minimum Gasteiger partial charge on any atom is -0.374 e. The molecule has 3 amide bonds. The summed E-state index contributed by atoms with van der Waals surface area (Å²) >= 11 is 1.24. The summed E-state index contributed by atoms with van der Waals surface area (Å²) in [6.07, 6.45) is 1.54.